The van der Waals surface area contributed by atoms with Crippen molar-refractivity contribution in [2.75, 3.05) is 19.6 Å². The summed E-state index contributed by atoms with van der Waals surface area (Å²) in [7, 11) is 0. The predicted octanol–water partition coefficient (Wildman–Crippen LogP) is 2.04. The third-order valence-corrected chi connectivity index (χ3v) is 3.56. The second kappa shape index (κ2) is 6.34. The molecule has 0 aliphatic carbocycles. The van der Waals surface area contributed by atoms with Crippen LogP contribution in [0.25, 0.3) is 0 Å². The van der Waals surface area contributed by atoms with Crippen LogP contribution in [0.1, 0.15) is 45.3 Å². The molecule has 1 N–H and O–H groups in total. The summed E-state index contributed by atoms with van der Waals surface area (Å²) in [5.74, 6) is 0. The van der Waals surface area contributed by atoms with Gasteiger partial charge in [0.15, 0.2) is 0 Å². The lowest BCUT2D eigenvalue weighted by Crippen LogP contribution is -2.37. The van der Waals surface area contributed by atoms with Crippen LogP contribution in [0, 0.1) is 0 Å². The quantitative estimate of drug-likeness (QED) is 0.838. The molecule has 0 spiro atoms. The van der Waals surface area contributed by atoms with Gasteiger partial charge in [0.1, 0.15) is 0 Å². The fourth-order valence-electron chi connectivity index (χ4n) is 2.46. The monoisotopic (exact) mass is 250 g/mol. The molecule has 1 aromatic heterocycles. The van der Waals surface area contributed by atoms with Crippen molar-refractivity contribution < 1.29 is 0 Å². The molecule has 2 rings (SSSR count). The second-order valence-electron chi connectivity index (χ2n) is 5.67. The van der Waals surface area contributed by atoms with Crippen LogP contribution in [0.2, 0.25) is 0 Å². The van der Waals surface area contributed by atoms with Gasteiger partial charge < -0.3 is 10.2 Å². The van der Waals surface area contributed by atoms with E-state index in [1.807, 2.05) is 4.68 Å². The third kappa shape index (κ3) is 3.82. The fraction of sp³-hybridized carbons (Fsp3) is 0.786. The normalized spacial score (nSPS) is 18.7. The van der Waals surface area contributed by atoms with Gasteiger partial charge in [0.2, 0.25) is 0 Å². The summed E-state index contributed by atoms with van der Waals surface area (Å²) in [6.07, 6.45) is 4.80. The van der Waals surface area contributed by atoms with Gasteiger partial charge in [-0.25, -0.2) is 0 Å². The van der Waals surface area contributed by atoms with Crippen molar-refractivity contribution in [1.82, 2.24) is 20.0 Å². The van der Waals surface area contributed by atoms with Crippen LogP contribution in [0.5, 0.6) is 0 Å². The number of nitrogens with zero attached hydrogens (tertiary/aromatic N) is 3. The molecule has 0 amide bonds. The molecular weight excluding hydrogens is 224 g/mol. The van der Waals surface area contributed by atoms with Gasteiger partial charge in [-0.15, -0.1) is 0 Å². The predicted molar refractivity (Wildman–Crippen MR) is 74.6 cm³/mol. The Labute approximate surface area is 110 Å². The molecular formula is C14H26N4. The zero-order valence-electron chi connectivity index (χ0n) is 11.9. The average Bonchev–Trinajstić information content (AvgIpc) is 2.96. The smallest absolute Gasteiger partial charge is 0.0762 e. The van der Waals surface area contributed by atoms with E-state index >= 15 is 0 Å². The van der Waals surface area contributed by atoms with Gasteiger partial charge in [-0.05, 0) is 52.8 Å². The van der Waals surface area contributed by atoms with Crippen LogP contribution in [0.15, 0.2) is 12.3 Å². The summed E-state index contributed by atoms with van der Waals surface area (Å²) >= 11 is 0. The first-order valence-corrected chi connectivity index (χ1v) is 7.15. The highest BCUT2D eigenvalue weighted by Crippen LogP contribution is 2.08. The SMILES string of the molecule is CC(CN1CCCC1)NCc1ccn(C(C)C)n1. The second-order valence-corrected chi connectivity index (χ2v) is 5.67. The van der Waals surface area contributed by atoms with Crippen LogP contribution in [0.3, 0.4) is 0 Å². The molecule has 18 heavy (non-hydrogen) atoms. The number of nitrogens with one attached hydrogen (secondary N) is 1. The van der Waals surface area contributed by atoms with Gasteiger partial charge >= 0.3 is 0 Å². The van der Waals surface area contributed by atoms with Crippen LogP contribution < -0.4 is 5.32 Å². The Bertz CT molecular complexity index is 352. The van der Waals surface area contributed by atoms with E-state index in [9.17, 15) is 0 Å². The Hall–Kier alpha value is -0.870. The van der Waals surface area contributed by atoms with E-state index in [-0.39, 0.29) is 0 Å². The standard InChI is InChI=1S/C14H26N4/c1-12(2)18-9-6-14(16-18)10-15-13(3)11-17-7-4-5-8-17/h6,9,12-13,15H,4-5,7-8,10-11H2,1-3H3. The summed E-state index contributed by atoms with van der Waals surface area (Å²) in [5.41, 5.74) is 1.14. The summed E-state index contributed by atoms with van der Waals surface area (Å²) in [6.45, 7) is 11.1. The van der Waals surface area contributed by atoms with Crippen molar-refractivity contribution in [3.8, 4) is 0 Å². The first-order chi connectivity index (χ1) is 8.65. The van der Waals surface area contributed by atoms with Crippen molar-refractivity contribution >= 4 is 0 Å². The van der Waals surface area contributed by atoms with Gasteiger partial charge in [-0.3, -0.25) is 4.68 Å². The van der Waals surface area contributed by atoms with Crippen molar-refractivity contribution in [2.24, 2.45) is 0 Å². The minimum absolute atomic E-state index is 0.445. The summed E-state index contributed by atoms with van der Waals surface area (Å²) in [6, 6.07) is 3.09. The maximum Gasteiger partial charge on any atom is 0.0762 e. The fourth-order valence-corrected chi connectivity index (χ4v) is 2.46. The third-order valence-electron chi connectivity index (χ3n) is 3.56. The molecule has 2 heterocycles. The van der Waals surface area contributed by atoms with Crippen LogP contribution in [-0.4, -0.2) is 40.4 Å². The van der Waals surface area contributed by atoms with E-state index in [1.54, 1.807) is 0 Å². The molecule has 1 aromatic rings. The highest BCUT2D eigenvalue weighted by molar-refractivity contribution is 4.99. The van der Waals surface area contributed by atoms with Gasteiger partial charge in [0.25, 0.3) is 0 Å². The lowest BCUT2D eigenvalue weighted by Gasteiger charge is -2.20. The molecule has 0 radical (unpaired) electrons. The van der Waals surface area contributed by atoms with Crippen molar-refractivity contribution in [3.63, 3.8) is 0 Å². The minimum Gasteiger partial charge on any atom is -0.307 e. The molecule has 1 aliphatic heterocycles. The van der Waals surface area contributed by atoms with Crippen LogP contribution >= 0.6 is 0 Å². The van der Waals surface area contributed by atoms with Crippen molar-refractivity contribution in [3.05, 3.63) is 18.0 Å². The van der Waals surface area contributed by atoms with E-state index in [4.69, 9.17) is 0 Å². The van der Waals surface area contributed by atoms with Gasteiger partial charge in [0, 0.05) is 31.4 Å². The Morgan fingerprint density at radius 3 is 2.61 bits per heavy atom. The van der Waals surface area contributed by atoms with Gasteiger partial charge in [-0.2, -0.15) is 5.10 Å². The van der Waals surface area contributed by atoms with E-state index in [2.05, 4.69) is 48.3 Å². The average molecular weight is 250 g/mol. The first-order valence-electron chi connectivity index (χ1n) is 7.15. The molecule has 0 saturated carbocycles. The molecule has 0 aromatic carbocycles. The Morgan fingerprint density at radius 2 is 2.00 bits per heavy atom. The Balaban J connectivity index is 1.72. The number of hydrogen-bond acceptors (Lipinski definition) is 3. The molecule has 1 unspecified atom stereocenters. The largest absolute Gasteiger partial charge is 0.307 e. The molecule has 1 aliphatic rings. The summed E-state index contributed by atoms with van der Waals surface area (Å²) < 4.78 is 2.02. The Morgan fingerprint density at radius 1 is 1.28 bits per heavy atom. The van der Waals surface area contributed by atoms with Gasteiger partial charge in [0.05, 0.1) is 5.69 Å². The molecule has 4 nitrogen and oxygen atoms in total. The molecule has 1 fully saturated rings. The Kier molecular flexibility index (Phi) is 4.78. The van der Waals surface area contributed by atoms with Crippen molar-refractivity contribution in [2.45, 2.75) is 52.2 Å². The number of hydrogen-bond donors (Lipinski definition) is 1. The maximum atomic E-state index is 4.55. The van der Waals surface area contributed by atoms with E-state index in [0.717, 1.165) is 18.8 Å². The first kappa shape index (κ1) is 13.6. The van der Waals surface area contributed by atoms with Crippen LogP contribution in [0.4, 0.5) is 0 Å². The zero-order chi connectivity index (χ0) is 13.0. The lowest BCUT2D eigenvalue weighted by atomic mass is 10.3. The van der Waals surface area contributed by atoms with Gasteiger partial charge in [-0.1, -0.05) is 0 Å². The molecule has 1 atom stereocenters. The molecule has 4 heteroatoms. The topological polar surface area (TPSA) is 33.1 Å². The highest BCUT2D eigenvalue weighted by atomic mass is 15.3. The maximum absolute atomic E-state index is 4.55. The highest BCUT2D eigenvalue weighted by Gasteiger charge is 2.14. The minimum atomic E-state index is 0.445. The number of rotatable bonds is 6. The zero-order valence-corrected chi connectivity index (χ0v) is 11.9. The summed E-state index contributed by atoms with van der Waals surface area (Å²) in [4.78, 5) is 2.55. The lowest BCUT2D eigenvalue weighted by molar-refractivity contribution is 0.297. The number of likely N-dealkylation sites (tertiary alicyclic amines) is 1. The van der Waals surface area contributed by atoms with E-state index < -0.39 is 0 Å². The number of aromatic nitrogens is 2. The van der Waals surface area contributed by atoms with Crippen LogP contribution in [-0.2, 0) is 6.54 Å². The van der Waals surface area contributed by atoms with E-state index in [0.29, 0.717) is 12.1 Å². The molecule has 102 valence electrons. The molecule has 0 bridgehead atoms. The van der Waals surface area contributed by atoms with E-state index in [1.165, 1.54) is 25.9 Å². The van der Waals surface area contributed by atoms with Crippen molar-refractivity contribution in [1.29, 1.82) is 0 Å². The molecule has 1 saturated heterocycles. The summed E-state index contributed by atoms with van der Waals surface area (Å²) in [5, 5.41) is 8.11.